The van der Waals surface area contributed by atoms with Crippen molar-refractivity contribution >= 4 is 22.9 Å². The summed E-state index contributed by atoms with van der Waals surface area (Å²) in [6, 6.07) is 2.26. The Balaban J connectivity index is 2.18. The third-order valence-electron chi connectivity index (χ3n) is 2.94. The zero-order valence-corrected chi connectivity index (χ0v) is 9.71. The predicted molar refractivity (Wildman–Crippen MR) is 59.7 cm³/mol. The van der Waals surface area contributed by atoms with Gasteiger partial charge in [-0.15, -0.1) is 22.9 Å². The van der Waals surface area contributed by atoms with E-state index in [2.05, 4.69) is 19.9 Å². The highest BCUT2D eigenvalue weighted by Crippen LogP contribution is 2.44. The van der Waals surface area contributed by atoms with Gasteiger partial charge in [-0.1, -0.05) is 6.42 Å². The SMILES string of the molecule is Cc1cc(C(Cl)C2CCC2)c(C)s1. The third-order valence-corrected chi connectivity index (χ3v) is 4.51. The molecule has 0 aliphatic heterocycles. The van der Waals surface area contributed by atoms with Crippen LogP contribution in [-0.2, 0) is 0 Å². The number of thiophene rings is 1. The van der Waals surface area contributed by atoms with Gasteiger partial charge in [-0.3, -0.25) is 0 Å². The molecule has 1 aliphatic rings. The van der Waals surface area contributed by atoms with E-state index in [1.165, 1.54) is 34.6 Å². The Morgan fingerprint density at radius 3 is 2.54 bits per heavy atom. The summed E-state index contributed by atoms with van der Waals surface area (Å²) in [5.74, 6) is 0.745. The molecule has 1 aliphatic carbocycles. The molecule has 0 radical (unpaired) electrons. The minimum atomic E-state index is 0.277. The van der Waals surface area contributed by atoms with Crippen molar-refractivity contribution in [3.8, 4) is 0 Å². The first kappa shape index (κ1) is 9.54. The molecule has 1 aromatic heterocycles. The van der Waals surface area contributed by atoms with Crippen LogP contribution >= 0.6 is 22.9 Å². The second-order valence-corrected chi connectivity index (χ2v) is 5.89. The largest absolute Gasteiger partial charge is 0.146 e. The van der Waals surface area contributed by atoms with Crippen LogP contribution in [0, 0.1) is 19.8 Å². The first-order valence-electron chi connectivity index (χ1n) is 4.89. The van der Waals surface area contributed by atoms with Gasteiger partial charge in [0.05, 0.1) is 5.38 Å². The number of rotatable bonds is 2. The van der Waals surface area contributed by atoms with Crippen LogP contribution in [0.25, 0.3) is 0 Å². The van der Waals surface area contributed by atoms with E-state index in [9.17, 15) is 0 Å². The van der Waals surface area contributed by atoms with Crippen molar-refractivity contribution in [3.05, 3.63) is 21.4 Å². The number of hydrogen-bond donors (Lipinski definition) is 0. The van der Waals surface area contributed by atoms with Gasteiger partial charge in [-0.05, 0) is 44.2 Å². The molecule has 72 valence electrons. The minimum absolute atomic E-state index is 0.277. The van der Waals surface area contributed by atoms with E-state index in [0.717, 1.165) is 5.92 Å². The van der Waals surface area contributed by atoms with Crippen LogP contribution in [0.4, 0.5) is 0 Å². The van der Waals surface area contributed by atoms with E-state index in [-0.39, 0.29) is 5.38 Å². The number of hydrogen-bond acceptors (Lipinski definition) is 1. The lowest BCUT2D eigenvalue weighted by molar-refractivity contribution is 0.305. The van der Waals surface area contributed by atoms with Crippen molar-refractivity contribution in [2.75, 3.05) is 0 Å². The highest BCUT2D eigenvalue weighted by molar-refractivity contribution is 7.12. The number of alkyl halides is 1. The summed E-state index contributed by atoms with van der Waals surface area (Å²) in [4.78, 5) is 2.79. The Kier molecular flexibility index (Phi) is 2.66. The Morgan fingerprint density at radius 2 is 2.15 bits per heavy atom. The fourth-order valence-corrected chi connectivity index (χ4v) is 3.43. The zero-order valence-electron chi connectivity index (χ0n) is 8.14. The molecule has 1 fully saturated rings. The molecule has 13 heavy (non-hydrogen) atoms. The topological polar surface area (TPSA) is 0 Å². The van der Waals surface area contributed by atoms with E-state index in [0.29, 0.717) is 0 Å². The summed E-state index contributed by atoms with van der Waals surface area (Å²) < 4.78 is 0. The summed E-state index contributed by atoms with van der Waals surface area (Å²) >= 11 is 8.30. The number of aryl methyl sites for hydroxylation is 2. The van der Waals surface area contributed by atoms with Gasteiger partial charge in [0.1, 0.15) is 0 Å². The second kappa shape index (κ2) is 3.62. The molecule has 0 N–H and O–H groups in total. The summed E-state index contributed by atoms with van der Waals surface area (Å²) in [7, 11) is 0. The van der Waals surface area contributed by atoms with Crippen LogP contribution < -0.4 is 0 Å². The summed E-state index contributed by atoms with van der Waals surface area (Å²) in [6.07, 6.45) is 4.01. The Hall–Kier alpha value is -0.0100. The summed E-state index contributed by atoms with van der Waals surface area (Å²) in [6.45, 7) is 4.34. The van der Waals surface area contributed by atoms with Crippen molar-refractivity contribution in [3.63, 3.8) is 0 Å². The highest BCUT2D eigenvalue weighted by Gasteiger charge is 2.28. The Bertz CT molecular complexity index is 299. The van der Waals surface area contributed by atoms with Crippen LogP contribution in [0.15, 0.2) is 6.07 Å². The molecule has 0 aromatic carbocycles. The molecular weight excluding hydrogens is 200 g/mol. The monoisotopic (exact) mass is 214 g/mol. The van der Waals surface area contributed by atoms with Gasteiger partial charge in [0.15, 0.2) is 0 Å². The molecule has 0 spiro atoms. The lowest BCUT2D eigenvalue weighted by Crippen LogP contribution is -2.16. The maximum atomic E-state index is 6.43. The van der Waals surface area contributed by atoms with Crippen LogP contribution in [0.3, 0.4) is 0 Å². The van der Waals surface area contributed by atoms with Crippen molar-refractivity contribution in [2.24, 2.45) is 5.92 Å². The summed E-state index contributed by atoms with van der Waals surface area (Å²) in [5.41, 5.74) is 1.38. The van der Waals surface area contributed by atoms with Gasteiger partial charge >= 0.3 is 0 Å². The zero-order chi connectivity index (χ0) is 9.42. The fraction of sp³-hybridized carbons (Fsp3) is 0.636. The molecule has 0 bridgehead atoms. The minimum Gasteiger partial charge on any atom is -0.146 e. The van der Waals surface area contributed by atoms with Gasteiger partial charge in [0.25, 0.3) is 0 Å². The molecular formula is C11H15ClS. The third kappa shape index (κ3) is 1.77. The van der Waals surface area contributed by atoms with Crippen molar-refractivity contribution in [1.29, 1.82) is 0 Å². The normalized spacial score (nSPS) is 19.9. The van der Waals surface area contributed by atoms with E-state index in [1.54, 1.807) is 0 Å². The maximum Gasteiger partial charge on any atom is 0.0624 e. The van der Waals surface area contributed by atoms with Gasteiger partial charge in [-0.2, -0.15) is 0 Å². The van der Waals surface area contributed by atoms with Crippen molar-refractivity contribution in [2.45, 2.75) is 38.5 Å². The van der Waals surface area contributed by atoms with Gasteiger partial charge in [0.2, 0.25) is 0 Å². The lowest BCUT2D eigenvalue weighted by Gasteiger charge is -2.29. The van der Waals surface area contributed by atoms with Gasteiger partial charge in [-0.25, -0.2) is 0 Å². The lowest BCUT2D eigenvalue weighted by atomic mass is 9.80. The highest BCUT2D eigenvalue weighted by atomic mass is 35.5. The van der Waals surface area contributed by atoms with Crippen LogP contribution in [0.1, 0.15) is 40.0 Å². The van der Waals surface area contributed by atoms with Crippen molar-refractivity contribution in [1.82, 2.24) is 0 Å². The molecule has 1 atom stereocenters. The van der Waals surface area contributed by atoms with Crippen LogP contribution in [0.2, 0.25) is 0 Å². The van der Waals surface area contributed by atoms with E-state index >= 15 is 0 Å². The molecule has 1 aromatic rings. The average molecular weight is 215 g/mol. The molecule has 0 nitrogen and oxygen atoms in total. The molecule has 2 rings (SSSR count). The first-order valence-corrected chi connectivity index (χ1v) is 6.15. The van der Waals surface area contributed by atoms with E-state index in [1.807, 2.05) is 11.3 Å². The van der Waals surface area contributed by atoms with Crippen LogP contribution in [-0.4, -0.2) is 0 Å². The standard InChI is InChI=1S/C11H15ClS/c1-7-6-10(8(2)13-7)11(12)9-4-3-5-9/h6,9,11H,3-5H2,1-2H3. The maximum absolute atomic E-state index is 6.43. The fourth-order valence-electron chi connectivity index (χ4n) is 1.91. The number of halogens is 1. The first-order chi connectivity index (χ1) is 6.18. The molecule has 1 unspecified atom stereocenters. The van der Waals surface area contributed by atoms with Gasteiger partial charge < -0.3 is 0 Å². The quantitative estimate of drug-likeness (QED) is 0.639. The summed E-state index contributed by atoms with van der Waals surface area (Å²) in [5, 5.41) is 0.277. The Labute approximate surface area is 88.9 Å². The second-order valence-electron chi connectivity index (χ2n) is 3.96. The molecule has 1 heterocycles. The van der Waals surface area contributed by atoms with E-state index < -0.39 is 0 Å². The molecule has 0 saturated heterocycles. The molecule has 1 saturated carbocycles. The molecule has 0 amide bonds. The van der Waals surface area contributed by atoms with Crippen LogP contribution in [0.5, 0.6) is 0 Å². The smallest absolute Gasteiger partial charge is 0.0624 e. The molecule has 2 heteroatoms. The van der Waals surface area contributed by atoms with E-state index in [4.69, 9.17) is 11.6 Å². The average Bonchev–Trinajstić information content (AvgIpc) is 2.26. The Morgan fingerprint density at radius 1 is 1.46 bits per heavy atom. The van der Waals surface area contributed by atoms with Crippen molar-refractivity contribution < 1.29 is 0 Å². The van der Waals surface area contributed by atoms with Gasteiger partial charge in [0, 0.05) is 9.75 Å². The predicted octanol–water partition coefficient (Wildman–Crippen LogP) is 4.44.